The Morgan fingerprint density at radius 3 is 2.35 bits per heavy atom. The number of benzene rings is 2. The zero-order chi connectivity index (χ0) is 14.9. The first-order chi connectivity index (χ1) is 9.38. The van der Waals surface area contributed by atoms with Crippen molar-refractivity contribution in [2.45, 2.75) is 13.0 Å². The topological polar surface area (TPSA) is 29.5 Å². The Morgan fingerprint density at radius 2 is 1.75 bits per heavy atom. The van der Waals surface area contributed by atoms with E-state index in [4.69, 9.17) is 39.5 Å². The zero-order valence-corrected chi connectivity index (χ0v) is 14.2. The van der Waals surface area contributed by atoms with Gasteiger partial charge in [-0.2, -0.15) is 0 Å². The maximum absolute atomic E-state index is 9.53. The molecule has 2 aromatic rings. The van der Waals surface area contributed by atoms with Crippen LogP contribution >= 0.6 is 50.7 Å². The van der Waals surface area contributed by atoms with Gasteiger partial charge in [-0.3, -0.25) is 0 Å². The van der Waals surface area contributed by atoms with Gasteiger partial charge < -0.3 is 9.84 Å². The Labute approximate surface area is 140 Å². The van der Waals surface area contributed by atoms with Crippen molar-refractivity contribution in [1.82, 2.24) is 0 Å². The molecule has 0 aliphatic heterocycles. The number of hydrogen-bond acceptors (Lipinski definition) is 2. The van der Waals surface area contributed by atoms with Gasteiger partial charge in [0.25, 0.3) is 0 Å². The van der Waals surface area contributed by atoms with Crippen LogP contribution in [0.4, 0.5) is 0 Å². The molecule has 0 fully saturated rings. The Bertz CT molecular complexity index is 645. The van der Waals surface area contributed by atoms with Crippen LogP contribution in [0.3, 0.4) is 0 Å². The van der Waals surface area contributed by atoms with Crippen molar-refractivity contribution in [3.8, 4) is 11.5 Å². The maximum atomic E-state index is 9.53. The molecule has 0 saturated carbocycles. The van der Waals surface area contributed by atoms with E-state index < -0.39 is 6.10 Å². The molecule has 20 heavy (non-hydrogen) atoms. The minimum absolute atomic E-state index is 0.428. The summed E-state index contributed by atoms with van der Waals surface area (Å²) in [7, 11) is 0. The molecular formula is C14H10BrCl3O2. The summed E-state index contributed by atoms with van der Waals surface area (Å²) in [6.45, 7) is 1.65. The number of hydrogen-bond donors (Lipinski definition) is 1. The molecule has 0 heterocycles. The summed E-state index contributed by atoms with van der Waals surface area (Å²) >= 11 is 21.5. The van der Waals surface area contributed by atoms with Gasteiger partial charge in [0.15, 0.2) is 0 Å². The average molecular weight is 396 g/mol. The van der Waals surface area contributed by atoms with E-state index in [9.17, 15) is 5.11 Å². The highest BCUT2D eigenvalue weighted by molar-refractivity contribution is 9.10. The van der Waals surface area contributed by atoms with Gasteiger partial charge in [0.2, 0.25) is 0 Å². The van der Waals surface area contributed by atoms with Crippen LogP contribution in [-0.4, -0.2) is 5.11 Å². The molecule has 0 spiro atoms. The van der Waals surface area contributed by atoms with Gasteiger partial charge >= 0.3 is 0 Å². The number of aliphatic hydroxyl groups excluding tert-OH is 1. The molecule has 0 amide bonds. The third-order valence-corrected chi connectivity index (χ3v) is 4.44. The molecule has 0 saturated heterocycles. The highest BCUT2D eigenvalue weighted by atomic mass is 79.9. The van der Waals surface area contributed by atoms with Crippen molar-refractivity contribution in [3.05, 3.63) is 55.4 Å². The summed E-state index contributed by atoms with van der Waals surface area (Å²) < 4.78 is 6.35. The number of rotatable bonds is 3. The smallest absolute Gasteiger partial charge is 0.147 e. The predicted molar refractivity (Wildman–Crippen MR) is 86.3 cm³/mol. The summed E-state index contributed by atoms with van der Waals surface area (Å²) in [5.41, 5.74) is 0.638. The molecular weight excluding hydrogens is 386 g/mol. The van der Waals surface area contributed by atoms with Crippen LogP contribution in [0.2, 0.25) is 15.1 Å². The molecule has 1 N–H and O–H groups in total. The van der Waals surface area contributed by atoms with Crippen LogP contribution < -0.4 is 4.74 Å². The molecule has 2 aromatic carbocycles. The lowest BCUT2D eigenvalue weighted by Crippen LogP contribution is -1.93. The summed E-state index contributed by atoms with van der Waals surface area (Å²) in [6, 6.07) is 8.31. The van der Waals surface area contributed by atoms with E-state index in [0.717, 1.165) is 0 Å². The molecule has 0 aliphatic carbocycles. The highest BCUT2D eigenvalue weighted by Crippen LogP contribution is 2.37. The van der Waals surface area contributed by atoms with Crippen LogP contribution in [-0.2, 0) is 0 Å². The normalized spacial score (nSPS) is 12.3. The third kappa shape index (κ3) is 3.60. The van der Waals surface area contributed by atoms with Crippen LogP contribution in [0, 0.1) is 0 Å². The second-order valence-corrected chi connectivity index (χ2v) is 6.23. The van der Waals surface area contributed by atoms with Gasteiger partial charge in [0.1, 0.15) is 11.5 Å². The molecule has 2 nitrogen and oxygen atoms in total. The van der Waals surface area contributed by atoms with Gasteiger partial charge in [-0.25, -0.2) is 0 Å². The monoisotopic (exact) mass is 394 g/mol. The maximum Gasteiger partial charge on any atom is 0.147 e. The summed E-state index contributed by atoms with van der Waals surface area (Å²) in [5, 5.41) is 10.9. The highest BCUT2D eigenvalue weighted by Gasteiger charge is 2.11. The van der Waals surface area contributed by atoms with Gasteiger partial charge in [0, 0.05) is 10.5 Å². The van der Waals surface area contributed by atoms with Crippen LogP contribution in [0.5, 0.6) is 11.5 Å². The first kappa shape index (κ1) is 15.9. The molecule has 0 aromatic heterocycles. The van der Waals surface area contributed by atoms with E-state index >= 15 is 0 Å². The van der Waals surface area contributed by atoms with Crippen molar-refractivity contribution in [1.29, 1.82) is 0 Å². The first-order valence-electron chi connectivity index (χ1n) is 5.68. The van der Waals surface area contributed by atoms with Gasteiger partial charge in [-0.15, -0.1) is 0 Å². The quantitative estimate of drug-likeness (QED) is 0.621. The Balaban J connectivity index is 2.31. The molecule has 1 unspecified atom stereocenters. The lowest BCUT2D eigenvalue weighted by molar-refractivity contribution is 0.199. The average Bonchev–Trinajstić information content (AvgIpc) is 2.35. The number of aliphatic hydroxyl groups is 1. The van der Waals surface area contributed by atoms with E-state index in [1.165, 1.54) is 0 Å². The minimum atomic E-state index is -0.637. The Hall–Kier alpha value is -0.450. The molecule has 1 atom stereocenters. The predicted octanol–water partition coefficient (Wildman–Crippen LogP) is 6.25. The van der Waals surface area contributed by atoms with E-state index in [1.807, 2.05) is 0 Å². The van der Waals surface area contributed by atoms with Crippen molar-refractivity contribution in [2.75, 3.05) is 0 Å². The molecule has 6 heteroatoms. The fourth-order valence-corrected chi connectivity index (χ4v) is 2.78. The lowest BCUT2D eigenvalue weighted by Gasteiger charge is -2.12. The third-order valence-electron chi connectivity index (χ3n) is 2.62. The molecule has 0 radical (unpaired) electrons. The zero-order valence-electron chi connectivity index (χ0n) is 10.3. The minimum Gasteiger partial charge on any atom is -0.456 e. The number of halogens is 4. The van der Waals surface area contributed by atoms with E-state index in [1.54, 1.807) is 37.3 Å². The fourth-order valence-electron chi connectivity index (χ4n) is 1.62. The Kier molecular flexibility index (Phi) is 5.21. The second-order valence-electron chi connectivity index (χ2n) is 4.16. The summed E-state index contributed by atoms with van der Waals surface area (Å²) in [6.07, 6.45) is -0.637. The molecule has 2 rings (SSSR count). The lowest BCUT2D eigenvalue weighted by atomic mass is 10.1. The second kappa shape index (κ2) is 6.54. The van der Waals surface area contributed by atoms with Crippen molar-refractivity contribution in [2.24, 2.45) is 0 Å². The summed E-state index contributed by atoms with van der Waals surface area (Å²) in [4.78, 5) is 0. The van der Waals surface area contributed by atoms with Crippen LogP contribution in [0.1, 0.15) is 18.6 Å². The standard InChI is InChI=1S/C14H10BrCl3O2/c1-7(19)9-3-2-8(4-11(9)16)20-14-6-12(17)10(15)5-13(14)18/h2-7,19H,1H3. The van der Waals surface area contributed by atoms with E-state index in [-0.39, 0.29) is 0 Å². The van der Waals surface area contributed by atoms with Gasteiger partial charge in [0.05, 0.1) is 21.2 Å². The van der Waals surface area contributed by atoms with Crippen LogP contribution in [0.25, 0.3) is 0 Å². The van der Waals surface area contributed by atoms with E-state index in [0.29, 0.717) is 36.6 Å². The van der Waals surface area contributed by atoms with Crippen LogP contribution in [0.15, 0.2) is 34.8 Å². The van der Waals surface area contributed by atoms with Crippen molar-refractivity contribution < 1.29 is 9.84 Å². The van der Waals surface area contributed by atoms with E-state index in [2.05, 4.69) is 15.9 Å². The first-order valence-corrected chi connectivity index (χ1v) is 7.61. The van der Waals surface area contributed by atoms with Gasteiger partial charge in [-0.05, 0) is 46.6 Å². The summed E-state index contributed by atoms with van der Waals surface area (Å²) in [5.74, 6) is 0.945. The molecule has 106 valence electrons. The largest absolute Gasteiger partial charge is 0.456 e. The van der Waals surface area contributed by atoms with Gasteiger partial charge in [-0.1, -0.05) is 40.9 Å². The molecule has 0 aliphatic rings. The van der Waals surface area contributed by atoms with Crippen molar-refractivity contribution in [3.63, 3.8) is 0 Å². The van der Waals surface area contributed by atoms with Crippen molar-refractivity contribution >= 4 is 50.7 Å². The number of ether oxygens (including phenoxy) is 1. The Morgan fingerprint density at radius 1 is 1.05 bits per heavy atom. The SMILES string of the molecule is CC(O)c1ccc(Oc2cc(Cl)c(Br)cc2Cl)cc1Cl. The molecule has 0 bridgehead atoms. The fraction of sp³-hybridized carbons (Fsp3) is 0.143.